The van der Waals surface area contributed by atoms with E-state index in [-0.39, 0.29) is 18.3 Å². The molecule has 1 fully saturated rings. The first-order chi connectivity index (χ1) is 11.2. The highest BCUT2D eigenvalue weighted by Crippen LogP contribution is 2.31. The van der Waals surface area contributed by atoms with Crippen LogP contribution in [0.3, 0.4) is 0 Å². The van der Waals surface area contributed by atoms with E-state index in [0.717, 1.165) is 19.5 Å². The fraction of sp³-hybridized carbons (Fsp3) is 0.562. The van der Waals surface area contributed by atoms with E-state index in [4.69, 9.17) is 15.2 Å². The van der Waals surface area contributed by atoms with Crippen LogP contribution in [0.1, 0.15) is 12.8 Å². The largest absolute Gasteiger partial charge is 0.486 e. The van der Waals surface area contributed by atoms with Crippen molar-refractivity contribution in [1.82, 2.24) is 4.90 Å². The van der Waals surface area contributed by atoms with Crippen LogP contribution in [-0.4, -0.2) is 53.6 Å². The summed E-state index contributed by atoms with van der Waals surface area (Å²) in [4.78, 5) is 14.7. The highest BCUT2D eigenvalue weighted by Gasteiger charge is 2.25. The number of amides is 1. The quantitative estimate of drug-likeness (QED) is 0.837. The first kappa shape index (κ1) is 19.0. The van der Waals surface area contributed by atoms with Crippen LogP contribution in [-0.2, 0) is 15.6 Å². The molecule has 8 heteroatoms. The third kappa shape index (κ3) is 4.40. The number of carbonyl (C=O) groups is 1. The van der Waals surface area contributed by atoms with Gasteiger partial charge >= 0.3 is 0 Å². The van der Waals surface area contributed by atoms with Crippen LogP contribution in [0.4, 0.5) is 0 Å². The summed E-state index contributed by atoms with van der Waals surface area (Å²) >= 11 is 0. The smallest absolute Gasteiger partial charge is 0.223 e. The Morgan fingerprint density at radius 3 is 2.75 bits per heavy atom. The summed E-state index contributed by atoms with van der Waals surface area (Å²) in [6, 6.07) is 5.29. The Labute approximate surface area is 150 Å². The van der Waals surface area contributed by atoms with E-state index in [2.05, 4.69) is 0 Å². The van der Waals surface area contributed by atoms with Crippen LogP contribution in [0, 0.1) is 5.92 Å². The molecule has 0 aliphatic carbocycles. The summed E-state index contributed by atoms with van der Waals surface area (Å²) in [6.45, 7) is 3.14. The number of benzene rings is 1. The number of hydrogen-bond donors (Lipinski definition) is 1. The van der Waals surface area contributed by atoms with E-state index in [1.165, 1.54) is 0 Å². The lowest BCUT2D eigenvalue weighted by Gasteiger charge is -2.19. The van der Waals surface area contributed by atoms with Crippen molar-refractivity contribution in [2.24, 2.45) is 11.7 Å². The number of carbonyl (C=O) groups excluding carboxylic acids is 1. The van der Waals surface area contributed by atoms with Crippen LogP contribution < -0.4 is 15.2 Å². The molecule has 1 aromatic carbocycles. The van der Waals surface area contributed by atoms with E-state index in [0.29, 0.717) is 54.2 Å². The summed E-state index contributed by atoms with van der Waals surface area (Å²) in [5, 5.41) is 0. The van der Waals surface area contributed by atoms with Gasteiger partial charge in [-0.3, -0.25) is 9.00 Å². The van der Waals surface area contributed by atoms with Gasteiger partial charge in [-0.2, -0.15) is 0 Å². The number of rotatable bonds is 5. The average Bonchev–Trinajstić information content (AvgIpc) is 3.08. The van der Waals surface area contributed by atoms with Crippen LogP contribution in [0.2, 0.25) is 0 Å². The first-order valence-corrected chi connectivity index (χ1v) is 9.25. The minimum Gasteiger partial charge on any atom is -0.486 e. The van der Waals surface area contributed by atoms with Crippen molar-refractivity contribution in [2.45, 2.75) is 17.7 Å². The number of hydrogen-bond acceptors (Lipinski definition) is 5. The van der Waals surface area contributed by atoms with Gasteiger partial charge < -0.3 is 20.1 Å². The molecular weight excluding hydrogens is 352 g/mol. The topological polar surface area (TPSA) is 81.9 Å². The number of ether oxygens (including phenoxy) is 2. The van der Waals surface area contributed by atoms with E-state index in [1.807, 2.05) is 4.90 Å². The molecule has 1 amide bonds. The van der Waals surface area contributed by atoms with Crippen molar-refractivity contribution < 1.29 is 18.5 Å². The van der Waals surface area contributed by atoms with Crippen molar-refractivity contribution in [1.29, 1.82) is 0 Å². The SMILES string of the molecule is Cl.NCC1CCN(C(=O)CCS(=O)c2ccc3c(c2)OCCO3)C1. The summed E-state index contributed by atoms with van der Waals surface area (Å²) < 4.78 is 23.3. The third-order valence-electron chi connectivity index (χ3n) is 4.25. The molecule has 2 N–H and O–H groups in total. The number of likely N-dealkylation sites (tertiary alicyclic amines) is 1. The average molecular weight is 375 g/mol. The van der Waals surface area contributed by atoms with E-state index in [1.54, 1.807) is 18.2 Å². The zero-order valence-electron chi connectivity index (χ0n) is 13.4. The molecule has 24 heavy (non-hydrogen) atoms. The molecule has 0 saturated carbocycles. The van der Waals surface area contributed by atoms with Crippen LogP contribution >= 0.6 is 12.4 Å². The first-order valence-electron chi connectivity index (χ1n) is 7.93. The van der Waals surface area contributed by atoms with Gasteiger partial charge in [-0.25, -0.2) is 0 Å². The lowest BCUT2D eigenvalue weighted by molar-refractivity contribution is -0.129. The fourth-order valence-corrected chi connectivity index (χ4v) is 3.93. The molecule has 2 unspecified atom stereocenters. The summed E-state index contributed by atoms with van der Waals surface area (Å²) in [6.07, 6.45) is 1.26. The molecule has 134 valence electrons. The number of nitrogens with zero attached hydrogens (tertiary/aromatic N) is 1. The second-order valence-corrected chi connectivity index (χ2v) is 7.41. The molecule has 2 aliphatic heterocycles. The van der Waals surface area contributed by atoms with Crippen LogP contribution in [0.25, 0.3) is 0 Å². The maximum Gasteiger partial charge on any atom is 0.223 e. The predicted molar refractivity (Wildman–Crippen MR) is 94.3 cm³/mol. The minimum atomic E-state index is -1.22. The minimum absolute atomic E-state index is 0. The summed E-state index contributed by atoms with van der Waals surface area (Å²) in [7, 11) is -1.22. The molecule has 1 aromatic rings. The van der Waals surface area contributed by atoms with Gasteiger partial charge in [0.15, 0.2) is 11.5 Å². The van der Waals surface area contributed by atoms with Gasteiger partial charge in [-0.15, -0.1) is 12.4 Å². The second kappa shape index (κ2) is 8.69. The molecule has 0 spiro atoms. The Kier molecular flexibility index (Phi) is 6.89. The standard InChI is InChI=1S/C16H22N2O4S.ClH/c17-10-12-3-5-18(11-12)16(19)4-8-23(20)13-1-2-14-15(9-13)22-7-6-21-14;/h1-2,9,12H,3-8,10-11,17H2;1H. The van der Waals surface area contributed by atoms with E-state index < -0.39 is 10.8 Å². The molecule has 0 aromatic heterocycles. The van der Waals surface area contributed by atoms with Crippen molar-refractivity contribution >= 4 is 29.1 Å². The number of nitrogens with two attached hydrogens (primary N) is 1. The molecular formula is C16H23ClN2O4S. The highest BCUT2D eigenvalue weighted by atomic mass is 35.5. The van der Waals surface area contributed by atoms with Gasteiger partial charge in [0, 0.05) is 36.2 Å². The van der Waals surface area contributed by atoms with Crippen molar-refractivity contribution in [3.05, 3.63) is 18.2 Å². The van der Waals surface area contributed by atoms with Crippen molar-refractivity contribution in [2.75, 3.05) is 38.6 Å². The van der Waals surface area contributed by atoms with Gasteiger partial charge in [0.2, 0.25) is 5.91 Å². The fourth-order valence-electron chi connectivity index (χ4n) is 2.87. The third-order valence-corrected chi connectivity index (χ3v) is 5.60. The molecule has 2 atom stereocenters. The second-order valence-electron chi connectivity index (χ2n) is 5.84. The molecule has 6 nitrogen and oxygen atoms in total. The lowest BCUT2D eigenvalue weighted by Crippen LogP contribution is -2.30. The maximum atomic E-state index is 12.4. The molecule has 2 heterocycles. The number of halogens is 1. The van der Waals surface area contributed by atoms with Crippen LogP contribution in [0.15, 0.2) is 23.1 Å². The summed E-state index contributed by atoms with van der Waals surface area (Å²) in [5.74, 6) is 2.09. The predicted octanol–water partition coefficient (Wildman–Crippen LogP) is 1.18. The van der Waals surface area contributed by atoms with Crippen molar-refractivity contribution in [3.8, 4) is 11.5 Å². The lowest BCUT2D eigenvalue weighted by atomic mass is 10.1. The van der Waals surface area contributed by atoms with E-state index in [9.17, 15) is 9.00 Å². The Morgan fingerprint density at radius 1 is 1.29 bits per heavy atom. The van der Waals surface area contributed by atoms with Gasteiger partial charge in [0.1, 0.15) is 13.2 Å². The zero-order chi connectivity index (χ0) is 16.2. The monoisotopic (exact) mass is 374 g/mol. The molecule has 1 saturated heterocycles. The Hall–Kier alpha value is -1.31. The summed E-state index contributed by atoms with van der Waals surface area (Å²) in [5.41, 5.74) is 5.64. The molecule has 0 radical (unpaired) electrons. The normalized spacial score (nSPS) is 20.4. The Morgan fingerprint density at radius 2 is 2.04 bits per heavy atom. The number of fused-ring (bicyclic) bond motifs is 1. The molecule has 0 bridgehead atoms. The Balaban J connectivity index is 0.00000208. The molecule has 3 rings (SSSR count). The Bertz CT molecular complexity index is 614. The zero-order valence-corrected chi connectivity index (χ0v) is 15.1. The van der Waals surface area contributed by atoms with Gasteiger partial charge in [0.25, 0.3) is 0 Å². The van der Waals surface area contributed by atoms with Gasteiger partial charge in [-0.05, 0) is 31.0 Å². The van der Waals surface area contributed by atoms with Crippen LogP contribution in [0.5, 0.6) is 11.5 Å². The maximum absolute atomic E-state index is 12.4. The highest BCUT2D eigenvalue weighted by molar-refractivity contribution is 7.85. The van der Waals surface area contributed by atoms with E-state index >= 15 is 0 Å². The van der Waals surface area contributed by atoms with Crippen molar-refractivity contribution in [3.63, 3.8) is 0 Å². The van der Waals surface area contributed by atoms with Gasteiger partial charge in [-0.1, -0.05) is 0 Å². The van der Waals surface area contributed by atoms with Gasteiger partial charge in [0.05, 0.1) is 10.8 Å². The molecule has 2 aliphatic rings.